The first-order valence-corrected chi connectivity index (χ1v) is 6.39. The number of benzene rings is 2. The van der Waals surface area contributed by atoms with E-state index in [-0.39, 0.29) is 10.4 Å². The second kappa shape index (κ2) is 5.40. The number of halogens is 2. The smallest absolute Gasteiger partial charge is 0.255 e. The summed E-state index contributed by atoms with van der Waals surface area (Å²) in [6, 6.07) is 9.45. The maximum absolute atomic E-state index is 13.1. The predicted molar refractivity (Wildman–Crippen MR) is 77.6 cm³/mol. The molecule has 19 heavy (non-hydrogen) atoms. The second-order valence-electron chi connectivity index (χ2n) is 4.17. The van der Waals surface area contributed by atoms with Gasteiger partial charge in [-0.15, -0.1) is 0 Å². The van der Waals surface area contributed by atoms with Crippen LogP contribution >= 0.6 is 15.9 Å². The van der Waals surface area contributed by atoms with E-state index in [2.05, 4.69) is 21.2 Å². The number of carbonyl (C=O) groups is 1. The largest absolute Gasteiger partial charge is 0.397 e. The number of nitrogen functional groups attached to an aromatic ring is 1. The maximum Gasteiger partial charge on any atom is 0.255 e. The van der Waals surface area contributed by atoms with Gasteiger partial charge in [0.2, 0.25) is 0 Å². The monoisotopic (exact) mass is 322 g/mol. The van der Waals surface area contributed by atoms with Crippen molar-refractivity contribution in [3.8, 4) is 0 Å². The summed E-state index contributed by atoms with van der Waals surface area (Å²) in [7, 11) is 0. The van der Waals surface area contributed by atoms with Crippen LogP contribution in [0.25, 0.3) is 0 Å². The zero-order chi connectivity index (χ0) is 14.0. The molecule has 1 amide bonds. The van der Waals surface area contributed by atoms with Crippen LogP contribution in [-0.4, -0.2) is 5.91 Å². The number of amides is 1. The van der Waals surface area contributed by atoms with Gasteiger partial charge >= 0.3 is 0 Å². The molecular weight excluding hydrogens is 311 g/mol. The minimum atomic E-state index is -0.411. The van der Waals surface area contributed by atoms with Crippen LogP contribution in [0.4, 0.5) is 15.8 Å². The Kier molecular flexibility index (Phi) is 3.85. The number of hydrogen-bond donors (Lipinski definition) is 2. The van der Waals surface area contributed by atoms with E-state index in [4.69, 9.17) is 5.73 Å². The van der Waals surface area contributed by atoms with Crippen molar-refractivity contribution >= 4 is 33.2 Å². The zero-order valence-corrected chi connectivity index (χ0v) is 11.8. The predicted octanol–water partition coefficient (Wildman–Crippen LogP) is 3.73. The van der Waals surface area contributed by atoms with E-state index >= 15 is 0 Å². The summed E-state index contributed by atoms with van der Waals surface area (Å²) in [5, 5.41) is 2.71. The van der Waals surface area contributed by atoms with Gasteiger partial charge in [0, 0.05) is 5.56 Å². The third kappa shape index (κ3) is 3.12. The van der Waals surface area contributed by atoms with Gasteiger partial charge in [0.15, 0.2) is 0 Å². The number of anilines is 2. The van der Waals surface area contributed by atoms with E-state index in [0.717, 1.165) is 5.56 Å². The number of aryl methyl sites for hydroxylation is 1. The van der Waals surface area contributed by atoms with E-state index in [1.54, 1.807) is 12.1 Å². The molecule has 2 aromatic rings. The van der Waals surface area contributed by atoms with E-state index in [9.17, 15) is 9.18 Å². The summed E-state index contributed by atoms with van der Waals surface area (Å²) in [5.74, 6) is -0.746. The highest BCUT2D eigenvalue weighted by molar-refractivity contribution is 9.10. The summed E-state index contributed by atoms with van der Waals surface area (Å²) >= 11 is 3.05. The number of carbonyl (C=O) groups excluding carboxylic acids is 1. The van der Waals surface area contributed by atoms with E-state index in [1.807, 2.05) is 13.0 Å². The fourth-order valence-corrected chi connectivity index (χ4v) is 1.99. The van der Waals surface area contributed by atoms with Crippen LogP contribution in [0, 0.1) is 12.7 Å². The summed E-state index contributed by atoms with van der Waals surface area (Å²) in [6.45, 7) is 1.91. The number of nitrogens with one attached hydrogen (secondary N) is 1. The Morgan fingerprint density at radius 3 is 2.68 bits per heavy atom. The van der Waals surface area contributed by atoms with Crippen LogP contribution in [0.5, 0.6) is 0 Å². The van der Waals surface area contributed by atoms with Gasteiger partial charge in [0.05, 0.1) is 15.8 Å². The quantitative estimate of drug-likeness (QED) is 0.828. The van der Waals surface area contributed by atoms with Crippen molar-refractivity contribution in [2.24, 2.45) is 0 Å². The van der Waals surface area contributed by atoms with Crippen LogP contribution in [0.15, 0.2) is 40.9 Å². The van der Waals surface area contributed by atoms with Crippen molar-refractivity contribution in [1.29, 1.82) is 0 Å². The molecule has 0 spiro atoms. The molecule has 0 fully saturated rings. The molecule has 98 valence electrons. The van der Waals surface area contributed by atoms with Crippen molar-refractivity contribution < 1.29 is 9.18 Å². The van der Waals surface area contributed by atoms with Crippen molar-refractivity contribution in [1.82, 2.24) is 0 Å². The van der Waals surface area contributed by atoms with Gasteiger partial charge < -0.3 is 11.1 Å². The molecule has 0 heterocycles. The Balaban J connectivity index is 2.25. The summed E-state index contributed by atoms with van der Waals surface area (Å²) in [4.78, 5) is 12.0. The van der Waals surface area contributed by atoms with Crippen LogP contribution < -0.4 is 11.1 Å². The Hall–Kier alpha value is -1.88. The van der Waals surface area contributed by atoms with Gasteiger partial charge in [-0.05, 0) is 58.7 Å². The molecule has 2 rings (SSSR count). The normalized spacial score (nSPS) is 10.3. The standard InChI is InChI=1S/C14H12BrFN2O/c1-8-2-5-12(17)13(6-8)18-14(19)9-3-4-11(16)10(15)7-9/h2-7H,17H2,1H3,(H,18,19). The SMILES string of the molecule is Cc1ccc(N)c(NC(=O)c2ccc(F)c(Br)c2)c1. The molecule has 0 unspecified atom stereocenters. The van der Waals surface area contributed by atoms with E-state index in [1.165, 1.54) is 18.2 Å². The molecule has 0 saturated heterocycles. The first kappa shape index (κ1) is 13.5. The average Bonchev–Trinajstić information content (AvgIpc) is 2.37. The van der Waals surface area contributed by atoms with E-state index < -0.39 is 5.82 Å². The minimum absolute atomic E-state index is 0.248. The fraction of sp³-hybridized carbons (Fsp3) is 0.0714. The molecule has 0 aromatic heterocycles. The molecule has 0 aliphatic carbocycles. The lowest BCUT2D eigenvalue weighted by Crippen LogP contribution is -2.13. The molecular formula is C14H12BrFN2O. The molecule has 0 saturated carbocycles. The van der Waals surface area contributed by atoms with Gasteiger partial charge in [-0.2, -0.15) is 0 Å². The highest BCUT2D eigenvalue weighted by Gasteiger charge is 2.10. The Bertz CT molecular complexity index is 643. The van der Waals surface area contributed by atoms with Crippen molar-refractivity contribution in [3.05, 3.63) is 57.8 Å². The van der Waals surface area contributed by atoms with Gasteiger partial charge in [0.1, 0.15) is 5.82 Å². The van der Waals surface area contributed by atoms with Crippen molar-refractivity contribution in [2.75, 3.05) is 11.1 Å². The summed E-state index contributed by atoms with van der Waals surface area (Å²) in [6.07, 6.45) is 0. The second-order valence-corrected chi connectivity index (χ2v) is 5.03. The van der Waals surface area contributed by atoms with Gasteiger partial charge in [0.25, 0.3) is 5.91 Å². The lowest BCUT2D eigenvalue weighted by molar-refractivity contribution is 0.102. The molecule has 0 aliphatic heterocycles. The maximum atomic E-state index is 13.1. The molecule has 0 radical (unpaired) electrons. The molecule has 0 aliphatic rings. The third-order valence-electron chi connectivity index (χ3n) is 2.64. The fourth-order valence-electron chi connectivity index (χ4n) is 1.61. The summed E-state index contributed by atoms with van der Waals surface area (Å²) < 4.78 is 13.4. The van der Waals surface area contributed by atoms with Gasteiger partial charge in [-0.1, -0.05) is 6.07 Å². The third-order valence-corrected chi connectivity index (χ3v) is 3.25. The van der Waals surface area contributed by atoms with Crippen molar-refractivity contribution in [2.45, 2.75) is 6.92 Å². The Morgan fingerprint density at radius 1 is 1.26 bits per heavy atom. The highest BCUT2D eigenvalue weighted by Crippen LogP contribution is 2.22. The Morgan fingerprint density at radius 2 is 2.00 bits per heavy atom. The number of hydrogen-bond acceptors (Lipinski definition) is 2. The van der Waals surface area contributed by atoms with Crippen LogP contribution in [0.2, 0.25) is 0 Å². The molecule has 3 nitrogen and oxygen atoms in total. The highest BCUT2D eigenvalue weighted by atomic mass is 79.9. The van der Waals surface area contributed by atoms with Crippen molar-refractivity contribution in [3.63, 3.8) is 0 Å². The number of rotatable bonds is 2. The first-order valence-electron chi connectivity index (χ1n) is 5.60. The average molecular weight is 323 g/mol. The lowest BCUT2D eigenvalue weighted by Gasteiger charge is -2.09. The summed E-state index contributed by atoms with van der Waals surface area (Å²) in [5.41, 5.74) is 8.17. The zero-order valence-electron chi connectivity index (χ0n) is 10.2. The molecule has 0 bridgehead atoms. The molecule has 3 N–H and O–H groups in total. The van der Waals surface area contributed by atoms with Crippen LogP contribution in [0.1, 0.15) is 15.9 Å². The lowest BCUT2D eigenvalue weighted by atomic mass is 10.1. The molecule has 2 aromatic carbocycles. The van der Waals surface area contributed by atoms with E-state index in [0.29, 0.717) is 16.9 Å². The number of nitrogens with two attached hydrogens (primary N) is 1. The minimum Gasteiger partial charge on any atom is -0.397 e. The topological polar surface area (TPSA) is 55.1 Å². The van der Waals surface area contributed by atoms with Crippen LogP contribution in [0.3, 0.4) is 0 Å². The first-order chi connectivity index (χ1) is 8.97. The Labute approximate surface area is 118 Å². The molecule has 0 atom stereocenters. The molecule has 5 heteroatoms. The van der Waals surface area contributed by atoms with Gasteiger partial charge in [-0.25, -0.2) is 4.39 Å². The van der Waals surface area contributed by atoms with Gasteiger partial charge in [-0.3, -0.25) is 4.79 Å². The van der Waals surface area contributed by atoms with Crippen LogP contribution in [-0.2, 0) is 0 Å².